The van der Waals surface area contributed by atoms with Crippen LogP contribution < -0.4 is 4.90 Å². The molecule has 1 fully saturated rings. The normalized spacial score (nSPS) is 22.8. The van der Waals surface area contributed by atoms with E-state index in [-0.39, 0.29) is 5.75 Å². The highest BCUT2D eigenvalue weighted by atomic mass is 32.2. The Labute approximate surface area is 110 Å². The van der Waals surface area contributed by atoms with E-state index in [1.54, 1.807) is 6.92 Å². The zero-order valence-electron chi connectivity index (χ0n) is 10.7. The number of anilines is 1. The van der Waals surface area contributed by atoms with Gasteiger partial charge in [-0.05, 0) is 13.8 Å². The van der Waals surface area contributed by atoms with E-state index >= 15 is 0 Å². The van der Waals surface area contributed by atoms with Gasteiger partial charge in [0.25, 0.3) is 5.71 Å². The number of aryl methyl sites for hydroxylation is 1. The molecule has 102 valence electrons. The highest BCUT2D eigenvalue weighted by molar-refractivity contribution is 7.92. The molecule has 0 aliphatic carbocycles. The number of sulfone groups is 1. The highest BCUT2D eigenvalue weighted by Gasteiger charge is 2.31. The fraction of sp³-hybridized carbons (Fsp3) is 0.545. The summed E-state index contributed by atoms with van der Waals surface area (Å²) >= 11 is 0. The van der Waals surface area contributed by atoms with Crippen molar-refractivity contribution in [1.82, 2.24) is 15.1 Å². The quantitative estimate of drug-likeness (QED) is 0.754. The van der Waals surface area contributed by atoms with E-state index in [0.717, 1.165) is 5.39 Å². The Morgan fingerprint density at radius 2 is 2.21 bits per heavy atom. The second kappa shape index (κ2) is 4.16. The number of aromatic nitrogens is 3. The first-order valence-corrected chi connectivity index (χ1v) is 7.74. The molecule has 0 unspecified atom stereocenters. The van der Waals surface area contributed by atoms with Crippen molar-refractivity contribution in [2.45, 2.75) is 19.1 Å². The van der Waals surface area contributed by atoms with Crippen LogP contribution in [0.15, 0.2) is 10.9 Å². The van der Waals surface area contributed by atoms with Gasteiger partial charge in [0.15, 0.2) is 9.84 Å². The molecule has 1 saturated heterocycles. The van der Waals surface area contributed by atoms with Crippen LogP contribution in [0.4, 0.5) is 5.82 Å². The third-order valence-electron chi connectivity index (χ3n) is 3.46. The average molecular weight is 282 g/mol. The summed E-state index contributed by atoms with van der Waals surface area (Å²) in [5.41, 5.74) is 1.15. The summed E-state index contributed by atoms with van der Waals surface area (Å²) in [7, 11) is -2.98. The molecule has 1 atom stereocenters. The highest BCUT2D eigenvalue weighted by Crippen LogP contribution is 2.27. The Morgan fingerprint density at radius 3 is 2.95 bits per heavy atom. The molecule has 0 spiro atoms. The van der Waals surface area contributed by atoms with Gasteiger partial charge in [-0.15, -0.1) is 0 Å². The topological polar surface area (TPSA) is 89.2 Å². The van der Waals surface area contributed by atoms with E-state index in [1.165, 1.54) is 6.33 Å². The van der Waals surface area contributed by atoms with E-state index in [9.17, 15) is 8.42 Å². The van der Waals surface area contributed by atoms with Crippen molar-refractivity contribution in [2.75, 3.05) is 23.7 Å². The number of fused-ring (bicyclic) bond motifs is 1. The van der Waals surface area contributed by atoms with Gasteiger partial charge in [-0.25, -0.2) is 13.4 Å². The van der Waals surface area contributed by atoms with Crippen LogP contribution in [0, 0.1) is 6.92 Å². The van der Waals surface area contributed by atoms with Crippen molar-refractivity contribution in [3.63, 3.8) is 0 Å². The predicted molar refractivity (Wildman–Crippen MR) is 69.8 cm³/mol. The largest absolute Gasteiger partial charge is 0.354 e. The van der Waals surface area contributed by atoms with Crippen LogP contribution in [0.25, 0.3) is 11.1 Å². The Balaban J connectivity index is 2.04. The Bertz CT molecular complexity index is 725. The molecular weight excluding hydrogens is 268 g/mol. The smallest absolute Gasteiger partial charge is 0.263 e. The first-order chi connectivity index (χ1) is 8.99. The number of rotatable bonds is 1. The molecule has 1 aliphatic heterocycles. The second-order valence-corrected chi connectivity index (χ2v) is 7.31. The maximum atomic E-state index is 11.7. The lowest BCUT2D eigenvalue weighted by Crippen LogP contribution is -2.46. The lowest BCUT2D eigenvalue weighted by molar-refractivity contribution is 0.442. The van der Waals surface area contributed by atoms with Gasteiger partial charge in [0, 0.05) is 13.1 Å². The van der Waals surface area contributed by atoms with Gasteiger partial charge in [0.05, 0.1) is 16.7 Å². The van der Waals surface area contributed by atoms with Gasteiger partial charge in [-0.1, -0.05) is 5.16 Å². The summed E-state index contributed by atoms with van der Waals surface area (Å²) in [6.07, 6.45) is 1.41. The van der Waals surface area contributed by atoms with Crippen molar-refractivity contribution < 1.29 is 12.9 Å². The van der Waals surface area contributed by atoms with Gasteiger partial charge in [-0.3, -0.25) is 0 Å². The van der Waals surface area contributed by atoms with Crippen molar-refractivity contribution in [3.05, 3.63) is 12.0 Å². The summed E-state index contributed by atoms with van der Waals surface area (Å²) in [6, 6.07) is 0. The van der Waals surface area contributed by atoms with Gasteiger partial charge in [0.2, 0.25) is 0 Å². The predicted octanol–water partition coefficient (Wildman–Crippen LogP) is 0.550. The Morgan fingerprint density at radius 1 is 1.42 bits per heavy atom. The van der Waals surface area contributed by atoms with E-state index in [4.69, 9.17) is 4.52 Å². The number of nitrogens with zero attached hydrogens (tertiary/aromatic N) is 4. The first kappa shape index (κ1) is 12.3. The van der Waals surface area contributed by atoms with Crippen LogP contribution in [0.3, 0.4) is 0 Å². The van der Waals surface area contributed by atoms with Gasteiger partial charge in [-0.2, -0.15) is 4.98 Å². The fourth-order valence-electron chi connectivity index (χ4n) is 2.29. The van der Waals surface area contributed by atoms with E-state index in [0.29, 0.717) is 30.3 Å². The van der Waals surface area contributed by atoms with Gasteiger partial charge in [0.1, 0.15) is 17.5 Å². The average Bonchev–Trinajstić information content (AvgIpc) is 2.75. The molecule has 0 radical (unpaired) electrons. The standard InChI is InChI=1S/C11H14N4O3S/c1-7-5-15(3-4-19(7,16)17)10-9-8(2)14-18-11(9)13-6-12-10/h6-7H,3-5H2,1-2H3/t7-/m0/s1. The summed E-state index contributed by atoms with van der Waals surface area (Å²) in [5, 5.41) is 4.24. The zero-order valence-corrected chi connectivity index (χ0v) is 11.5. The number of hydrogen-bond donors (Lipinski definition) is 0. The molecule has 2 aromatic rings. The molecule has 2 aromatic heterocycles. The van der Waals surface area contributed by atoms with Crippen molar-refractivity contribution in [3.8, 4) is 0 Å². The molecule has 3 heterocycles. The monoisotopic (exact) mass is 282 g/mol. The van der Waals surface area contributed by atoms with Crippen molar-refractivity contribution >= 4 is 26.8 Å². The molecule has 0 aromatic carbocycles. The van der Waals surface area contributed by atoms with Gasteiger partial charge >= 0.3 is 0 Å². The molecular formula is C11H14N4O3S. The molecule has 0 bridgehead atoms. The van der Waals surface area contributed by atoms with E-state index in [1.807, 2.05) is 11.8 Å². The molecule has 0 amide bonds. The lowest BCUT2D eigenvalue weighted by atomic mass is 10.2. The van der Waals surface area contributed by atoms with Crippen molar-refractivity contribution in [2.24, 2.45) is 0 Å². The summed E-state index contributed by atoms with van der Waals surface area (Å²) < 4.78 is 28.6. The maximum Gasteiger partial charge on any atom is 0.263 e. The third-order valence-corrected chi connectivity index (χ3v) is 5.59. The fourth-order valence-corrected chi connectivity index (χ4v) is 3.57. The zero-order chi connectivity index (χ0) is 13.6. The Hall–Kier alpha value is -1.70. The molecule has 19 heavy (non-hydrogen) atoms. The molecule has 0 N–H and O–H groups in total. The van der Waals surface area contributed by atoms with Gasteiger partial charge < -0.3 is 9.42 Å². The summed E-state index contributed by atoms with van der Waals surface area (Å²) in [6.45, 7) is 4.41. The minimum absolute atomic E-state index is 0.143. The number of hydrogen-bond acceptors (Lipinski definition) is 7. The van der Waals surface area contributed by atoms with Crippen LogP contribution >= 0.6 is 0 Å². The summed E-state index contributed by atoms with van der Waals surface area (Å²) in [4.78, 5) is 10.2. The van der Waals surface area contributed by atoms with E-state index < -0.39 is 15.1 Å². The molecule has 8 heteroatoms. The van der Waals surface area contributed by atoms with Crippen LogP contribution in [-0.2, 0) is 9.84 Å². The SMILES string of the molecule is Cc1noc2ncnc(N3CCS(=O)(=O)[C@@H](C)C3)c12. The minimum atomic E-state index is -2.98. The van der Waals surface area contributed by atoms with Crippen LogP contribution in [0.1, 0.15) is 12.6 Å². The lowest BCUT2D eigenvalue weighted by Gasteiger charge is -2.31. The first-order valence-electron chi connectivity index (χ1n) is 6.02. The summed E-state index contributed by atoms with van der Waals surface area (Å²) in [5.74, 6) is 0.842. The molecule has 3 rings (SSSR count). The van der Waals surface area contributed by atoms with Crippen molar-refractivity contribution in [1.29, 1.82) is 0 Å². The van der Waals surface area contributed by atoms with Crippen LogP contribution in [0.5, 0.6) is 0 Å². The second-order valence-electron chi connectivity index (χ2n) is 4.77. The van der Waals surface area contributed by atoms with Crippen LogP contribution in [-0.4, -0.2) is 47.6 Å². The molecule has 7 nitrogen and oxygen atoms in total. The maximum absolute atomic E-state index is 11.7. The minimum Gasteiger partial charge on any atom is -0.354 e. The molecule has 1 aliphatic rings. The van der Waals surface area contributed by atoms with Crippen LogP contribution in [0.2, 0.25) is 0 Å². The third kappa shape index (κ3) is 1.95. The molecule has 0 saturated carbocycles. The van der Waals surface area contributed by atoms with E-state index in [2.05, 4.69) is 15.1 Å². The Kier molecular flexibility index (Phi) is 2.70.